The molecular weight excluding hydrogens is 416 g/mol. The summed E-state index contributed by atoms with van der Waals surface area (Å²) in [6, 6.07) is 15.1. The molecule has 3 heterocycles. The summed E-state index contributed by atoms with van der Waals surface area (Å²) in [5.41, 5.74) is 1.67. The predicted molar refractivity (Wildman–Crippen MR) is 118 cm³/mol. The fourth-order valence-corrected chi connectivity index (χ4v) is 4.18. The number of amides is 1. The minimum absolute atomic E-state index is 0.000724. The Morgan fingerprint density at radius 3 is 2.61 bits per heavy atom. The number of aromatic nitrogens is 1. The van der Waals surface area contributed by atoms with Gasteiger partial charge in [-0.25, -0.2) is 4.98 Å². The van der Waals surface area contributed by atoms with E-state index in [0.717, 1.165) is 5.56 Å². The first kappa shape index (κ1) is 19.3. The molecule has 1 aliphatic rings. The molecule has 6 nitrogen and oxygen atoms in total. The van der Waals surface area contributed by atoms with Crippen LogP contribution in [0.25, 0.3) is 11.0 Å². The van der Waals surface area contributed by atoms with E-state index in [1.54, 1.807) is 49.7 Å². The highest BCUT2D eigenvalue weighted by Gasteiger charge is 2.45. The summed E-state index contributed by atoms with van der Waals surface area (Å²) < 4.78 is 11.5. The molecule has 4 aromatic rings. The molecule has 1 aliphatic heterocycles. The zero-order chi connectivity index (χ0) is 21.7. The van der Waals surface area contributed by atoms with Gasteiger partial charge in [-0.1, -0.05) is 35.9 Å². The van der Waals surface area contributed by atoms with Crippen molar-refractivity contribution in [1.29, 1.82) is 0 Å². The lowest BCUT2D eigenvalue weighted by Crippen LogP contribution is -2.30. The van der Waals surface area contributed by atoms with Crippen molar-refractivity contribution in [3.63, 3.8) is 0 Å². The van der Waals surface area contributed by atoms with Crippen LogP contribution >= 0.6 is 11.6 Å². The van der Waals surface area contributed by atoms with Crippen LogP contribution in [0.4, 0.5) is 5.82 Å². The Bertz CT molecular complexity index is 1400. The number of ether oxygens (including phenoxy) is 1. The van der Waals surface area contributed by atoms with E-state index in [0.29, 0.717) is 33.1 Å². The first-order valence-electron chi connectivity index (χ1n) is 9.65. The van der Waals surface area contributed by atoms with E-state index in [-0.39, 0.29) is 16.8 Å². The number of hydrogen-bond donors (Lipinski definition) is 0. The lowest BCUT2D eigenvalue weighted by Gasteiger charge is -2.25. The number of carbonyl (C=O) groups excluding carboxylic acids is 1. The SMILES string of the molecule is COc1ccccc1C1c2c(oc3cc(C)c(Cl)cc3c2=O)C(=O)N1c1ccccn1. The number of hydrogen-bond acceptors (Lipinski definition) is 5. The number of fused-ring (bicyclic) bond motifs is 2. The fraction of sp³-hybridized carbons (Fsp3) is 0.125. The molecule has 0 radical (unpaired) electrons. The first-order chi connectivity index (χ1) is 15.0. The van der Waals surface area contributed by atoms with E-state index in [1.165, 1.54) is 4.90 Å². The van der Waals surface area contributed by atoms with Crippen molar-refractivity contribution in [3.05, 3.63) is 98.5 Å². The summed E-state index contributed by atoms with van der Waals surface area (Å²) in [6.45, 7) is 1.81. The molecule has 7 heteroatoms. The lowest BCUT2D eigenvalue weighted by molar-refractivity contribution is 0.0970. The van der Waals surface area contributed by atoms with Gasteiger partial charge in [0.05, 0.1) is 18.1 Å². The van der Waals surface area contributed by atoms with Crippen molar-refractivity contribution in [2.24, 2.45) is 0 Å². The van der Waals surface area contributed by atoms with Gasteiger partial charge in [0.25, 0.3) is 5.91 Å². The number of methoxy groups -OCH3 is 1. The van der Waals surface area contributed by atoms with Gasteiger partial charge in [0, 0.05) is 16.8 Å². The Balaban J connectivity index is 1.86. The minimum atomic E-state index is -0.755. The predicted octanol–water partition coefficient (Wildman–Crippen LogP) is 4.91. The first-order valence-corrected chi connectivity index (χ1v) is 10.0. The smallest absolute Gasteiger partial charge is 0.296 e. The molecular formula is C24H17ClN2O4. The maximum atomic E-state index is 13.6. The molecule has 31 heavy (non-hydrogen) atoms. The number of halogens is 1. The van der Waals surface area contributed by atoms with Crippen molar-refractivity contribution >= 4 is 34.3 Å². The van der Waals surface area contributed by atoms with Crippen LogP contribution in [0.3, 0.4) is 0 Å². The van der Waals surface area contributed by atoms with Crippen LogP contribution in [-0.2, 0) is 0 Å². The van der Waals surface area contributed by atoms with Gasteiger partial charge in [-0.15, -0.1) is 0 Å². The molecule has 1 unspecified atom stereocenters. The molecule has 154 valence electrons. The Morgan fingerprint density at radius 2 is 1.87 bits per heavy atom. The molecule has 5 rings (SSSR count). The summed E-state index contributed by atoms with van der Waals surface area (Å²) in [7, 11) is 1.55. The quantitative estimate of drug-likeness (QED) is 0.460. The maximum absolute atomic E-state index is 13.6. The number of carbonyl (C=O) groups is 1. The van der Waals surface area contributed by atoms with Crippen LogP contribution in [-0.4, -0.2) is 18.0 Å². The molecule has 1 atom stereocenters. The van der Waals surface area contributed by atoms with Crippen LogP contribution in [0.2, 0.25) is 5.02 Å². The molecule has 0 fully saturated rings. The summed E-state index contributed by atoms with van der Waals surface area (Å²) in [6.07, 6.45) is 1.60. The van der Waals surface area contributed by atoms with Crippen LogP contribution in [0, 0.1) is 6.92 Å². The Hall–Kier alpha value is -3.64. The maximum Gasteiger partial charge on any atom is 0.296 e. The molecule has 0 aliphatic carbocycles. The zero-order valence-corrected chi connectivity index (χ0v) is 17.5. The Morgan fingerprint density at radius 1 is 1.10 bits per heavy atom. The molecule has 1 amide bonds. The van der Waals surface area contributed by atoms with E-state index in [1.807, 2.05) is 25.1 Å². The van der Waals surface area contributed by atoms with Crippen molar-refractivity contribution in [1.82, 2.24) is 4.98 Å². The van der Waals surface area contributed by atoms with Gasteiger partial charge >= 0.3 is 0 Å². The second-order valence-electron chi connectivity index (χ2n) is 7.28. The summed E-state index contributed by atoms with van der Waals surface area (Å²) >= 11 is 6.28. The third-order valence-electron chi connectivity index (χ3n) is 5.48. The van der Waals surface area contributed by atoms with Crippen molar-refractivity contribution in [2.75, 3.05) is 12.0 Å². The second-order valence-corrected chi connectivity index (χ2v) is 7.69. The standard InChI is InChI=1S/C24H17ClN2O4/c1-13-11-18-15(12-16(13)25)22(28)20-21(14-7-3-4-8-17(14)30-2)27(24(29)23(20)31-18)19-9-5-6-10-26-19/h3-12,21H,1-2H3. The number of pyridine rings is 1. The van der Waals surface area contributed by atoms with Gasteiger partial charge in [0.1, 0.15) is 23.2 Å². The highest BCUT2D eigenvalue weighted by Crippen LogP contribution is 2.43. The molecule has 0 saturated heterocycles. The van der Waals surface area contributed by atoms with E-state index in [2.05, 4.69) is 4.98 Å². The summed E-state index contributed by atoms with van der Waals surface area (Å²) in [5.74, 6) is 0.528. The number of anilines is 1. The lowest BCUT2D eigenvalue weighted by atomic mass is 9.97. The number of nitrogens with zero attached hydrogens (tertiary/aromatic N) is 2. The molecule has 2 aromatic heterocycles. The number of para-hydroxylation sites is 1. The third kappa shape index (κ3) is 2.91. The van der Waals surface area contributed by atoms with Crippen molar-refractivity contribution in [3.8, 4) is 5.75 Å². The highest BCUT2D eigenvalue weighted by atomic mass is 35.5. The van der Waals surface area contributed by atoms with Gasteiger partial charge in [-0.3, -0.25) is 14.5 Å². The van der Waals surface area contributed by atoms with Crippen LogP contribution in [0.15, 0.2) is 70.0 Å². The normalized spacial score (nSPS) is 15.4. The van der Waals surface area contributed by atoms with Gasteiger partial charge in [-0.05, 0) is 42.8 Å². The van der Waals surface area contributed by atoms with E-state index in [4.69, 9.17) is 20.8 Å². The van der Waals surface area contributed by atoms with Crippen LogP contribution in [0.5, 0.6) is 5.75 Å². The number of aryl methyl sites for hydroxylation is 1. The van der Waals surface area contributed by atoms with Gasteiger partial charge in [0.15, 0.2) is 5.43 Å². The minimum Gasteiger partial charge on any atom is -0.496 e. The average Bonchev–Trinajstić information content (AvgIpc) is 3.08. The van der Waals surface area contributed by atoms with Gasteiger partial charge in [0.2, 0.25) is 5.76 Å². The van der Waals surface area contributed by atoms with Crippen molar-refractivity contribution < 1.29 is 13.9 Å². The van der Waals surface area contributed by atoms with E-state index < -0.39 is 11.9 Å². The summed E-state index contributed by atoms with van der Waals surface area (Å²) in [5, 5.41) is 0.782. The van der Waals surface area contributed by atoms with E-state index in [9.17, 15) is 9.59 Å². The highest BCUT2D eigenvalue weighted by molar-refractivity contribution is 6.32. The van der Waals surface area contributed by atoms with Crippen LogP contribution in [0.1, 0.15) is 33.3 Å². The fourth-order valence-electron chi connectivity index (χ4n) is 4.01. The Labute approximate surface area is 182 Å². The third-order valence-corrected chi connectivity index (χ3v) is 5.89. The number of benzene rings is 2. The van der Waals surface area contributed by atoms with Crippen LogP contribution < -0.4 is 15.1 Å². The van der Waals surface area contributed by atoms with Crippen molar-refractivity contribution in [2.45, 2.75) is 13.0 Å². The van der Waals surface area contributed by atoms with Gasteiger partial charge < -0.3 is 9.15 Å². The molecule has 0 saturated carbocycles. The second kappa shape index (κ2) is 7.25. The molecule has 0 bridgehead atoms. The summed E-state index contributed by atoms with van der Waals surface area (Å²) in [4.78, 5) is 33.0. The van der Waals surface area contributed by atoms with E-state index >= 15 is 0 Å². The zero-order valence-electron chi connectivity index (χ0n) is 16.8. The Kier molecular flexibility index (Phi) is 4.52. The molecule has 0 spiro atoms. The largest absolute Gasteiger partial charge is 0.496 e. The van der Waals surface area contributed by atoms with Gasteiger partial charge in [-0.2, -0.15) is 0 Å². The molecule has 2 aromatic carbocycles. The topological polar surface area (TPSA) is 72.6 Å². The monoisotopic (exact) mass is 432 g/mol. The molecule has 0 N–H and O–H groups in total. The average molecular weight is 433 g/mol. The number of rotatable bonds is 3.